The summed E-state index contributed by atoms with van der Waals surface area (Å²) >= 11 is 0. The fourth-order valence-corrected chi connectivity index (χ4v) is 9.21. The molecule has 5 nitrogen and oxygen atoms in total. The van der Waals surface area contributed by atoms with Crippen molar-refractivity contribution in [1.29, 1.82) is 0 Å². The molecule has 3 heterocycles. The number of hydrogen-bond donors (Lipinski definition) is 1. The van der Waals surface area contributed by atoms with Crippen LogP contribution < -0.4 is 0 Å². The van der Waals surface area contributed by atoms with Crippen molar-refractivity contribution in [2.45, 2.75) is 88.9 Å². The van der Waals surface area contributed by atoms with Crippen LogP contribution in [0.15, 0.2) is 41.8 Å². The summed E-state index contributed by atoms with van der Waals surface area (Å²) in [6.07, 6.45) is 19.3. The van der Waals surface area contributed by atoms with Crippen LogP contribution >= 0.6 is 0 Å². The fourth-order valence-electron chi connectivity index (χ4n) is 9.21. The van der Waals surface area contributed by atoms with Gasteiger partial charge in [-0.1, -0.05) is 19.1 Å². The molecule has 1 N–H and O–H groups in total. The molecule has 0 spiro atoms. The lowest BCUT2D eigenvalue weighted by Crippen LogP contribution is -2.50. The zero-order valence-electron chi connectivity index (χ0n) is 22.0. The number of hydrogen-bond acceptors (Lipinski definition) is 5. The highest BCUT2D eigenvalue weighted by molar-refractivity contribution is 5.38. The van der Waals surface area contributed by atoms with Gasteiger partial charge in [-0.25, -0.2) is 0 Å². The van der Waals surface area contributed by atoms with Gasteiger partial charge in [0.05, 0.1) is 18.8 Å². The van der Waals surface area contributed by atoms with E-state index in [0.717, 1.165) is 70.9 Å². The first-order valence-electron chi connectivity index (χ1n) is 14.6. The lowest BCUT2D eigenvalue weighted by Gasteiger charge is -2.48. The summed E-state index contributed by atoms with van der Waals surface area (Å²) in [5.41, 5.74) is 5.54. The predicted octanol–water partition coefficient (Wildman–Crippen LogP) is 4.51. The Kier molecular flexibility index (Phi) is 5.92. The Bertz CT molecular complexity index is 1060. The zero-order chi connectivity index (χ0) is 24.3. The molecule has 0 radical (unpaired) electrons. The fraction of sp³-hybridized carbons (Fsp3) is 0.710. The smallest absolute Gasteiger partial charge is 0.0875 e. The molecule has 0 aromatic carbocycles. The van der Waals surface area contributed by atoms with E-state index in [1.54, 1.807) is 5.57 Å². The normalized spacial score (nSPS) is 41.3. The lowest BCUT2D eigenvalue weighted by molar-refractivity contribution is -0.0337. The van der Waals surface area contributed by atoms with Crippen LogP contribution in [-0.4, -0.2) is 70.4 Å². The van der Waals surface area contributed by atoms with Crippen LogP contribution in [0.1, 0.15) is 69.4 Å². The van der Waals surface area contributed by atoms with Gasteiger partial charge < -0.3 is 9.84 Å². The number of rotatable bonds is 2. The topological polar surface area (TPSA) is 48.8 Å². The van der Waals surface area contributed by atoms with Crippen molar-refractivity contribution in [2.75, 3.05) is 32.8 Å². The Balaban J connectivity index is 1.10. The molecular weight excluding hydrogens is 446 g/mol. The molecule has 36 heavy (non-hydrogen) atoms. The molecule has 7 rings (SSSR count). The summed E-state index contributed by atoms with van der Waals surface area (Å²) < 4.78 is 5.60. The highest BCUT2D eigenvalue weighted by Gasteiger charge is 2.54. The van der Waals surface area contributed by atoms with Crippen molar-refractivity contribution < 1.29 is 9.84 Å². The van der Waals surface area contributed by atoms with E-state index in [2.05, 4.69) is 46.1 Å². The molecular formula is C31H43N3O2. The molecule has 0 amide bonds. The molecule has 1 aromatic heterocycles. The first kappa shape index (κ1) is 23.6. The van der Waals surface area contributed by atoms with Gasteiger partial charge in [0.25, 0.3) is 0 Å². The highest BCUT2D eigenvalue weighted by Crippen LogP contribution is 2.59. The van der Waals surface area contributed by atoms with Crippen LogP contribution in [0.5, 0.6) is 0 Å². The molecule has 1 saturated heterocycles. The van der Waals surface area contributed by atoms with Crippen LogP contribution in [-0.2, 0) is 17.7 Å². The summed E-state index contributed by atoms with van der Waals surface area (Å²) in [5, 5.41) is 12.0. The predicted molar refractivity (Wildman–Crippen MR) is 141 cm³/mol. The molecule has 6 atom stereocenters. The average Bonchev–Trinajstić information content (AvgIpc) is 3.18. The van der Waals surface area contributed by atoms with E-state index in [1.165, 1.54) is 48.9 Å². The molecule has 4 aliphatic carbocycles. The van der Waals surface area contributed by atoms with Gasteiger partial charge in [-0.2, -0.15) is 0 Å². The van der Waals surface area contributed by atoms with Gasteiger partial charge >= 0.3 is 0 Å². The number of ether oxygens (including phenoxy) is 1. The third kappa shape index (κ3) is 3.84. The Morgan fingerprint density at radius 2 is 1.92 bits per heavy atom. The molecule has 2 saturated carbocycles. The van der Waals surface area contributed by atoms with Crippen LogP contribution in [0.4, 0.5) is 0 Å². The zero-order valence-corrected chi connectivity index (χ0v) is 22.0. The number of nitrogens with zero attached hydrogens (tertiary/aromatic N) is 3. The SMILES string of the molecule is C[C@]12CC=C3C=C4CC[C@@H](N5CCOCC5)C[C@]4(O)CCC3[C@@H]1CC[C@@H]2N1CCc2ccncc2C1. The lowest BCUT2D eigenvalue weighted by atomic mass is 9.62. The highest BCUT2D eigenvalue weighted by atomic mass is 16.5. The van der Waals surface area contributed by atoms with E-state index in [1.807, 2.05) is 6.20 Å². The maximum atomic E-state index is 12.0. The standard InChI is InChI=1S/C31H43N3O2/c1-30-10-6-23-18-25-2-3-26(33-14-16-36-17-15-33)19-31(25,35)11-7-27(23)28(30)4-5-29(30)34-13-9-22-8-12-32-20-24(22)21-34/h6,8,12,18,20,26-29,35H,2-5,7,9-11,13-17,19,21H2,1H3/t26-,27?,28+,29+,30+,31-/m1/s1. The molecule has 194 valence electrons. The van der Waals surface area contributed by atoms with E-state index < -0.39 is 5.60 Å². The van der Waals surface area contributed by atoms with E-state index in [-0.39, 0.29) is 0 Å². The van der Waals surface area contributed by atoms with Gasteiger partial charge in [0, 0.05) is 50.7 Å². The largest absolute Gasteiger partial charge is 0.385 e. The number of fused-ring (bicyclic) bond motifs is 5. The van der Waals surface area contributed by atoms with Gasteiger partial charge in [-0.3, -0.25) is 14.8 Å². The Morgan fingerprint density at radius 3 is 2.81 bits per heavy atom. The summed E-state index contributed by atoms with van der Waals surface area (Å²) in [5.74, 6) is 1.34. The van der Waals surface area contributed by atoms with E-state index in [4.69, 9.17) is 4.74 Å². The van der Waals surface area contributed by atoms with Gasteiger partial charge in [-0.15, -0.1) is 0 Å². The van der Waals surface area contributed by atoms with Gasteiger partial charge in [0.2, 0.25) is 0 Å². The molecule has 5 heteroatoms. The Morgan fingerprint density at radius 1 is 1.03 bits per heavy atom. The van der Waals surface area contributed by atoms with Gasteiger partial charge in [0.15, 0.2) is 0 Å². The molecule has 6 aliphatic rings. The number of aliphatic hydroxyl groups is 1. The third-order valence-electron chi connectivity index (χ3n) is 11.2. The monoisotopic (exact) mass is 489 g/mol. The minimum absolute atomic E-state index is 0.334. The minimum atomic E-state index is -0.614. The summed E-state index contributed by atoms with van der Waals surface area (Å²) in [6.45, 7) is 8.55. The van der Waals surface area contributed by atoms with E-state index in [0.29, 0.717) is 23.4 Å². The Hall–Kier alpha value is -1.53. The quantitative estimate of drug-likeness (QED) is 0.663. The Labute approximate surface area is 216 Å². The van der Waals surface area contributed by atoms with Crippen LogP contribution in [0.25, 0.3) is 0 Å². The molecule has 1 unspecified atom stereocenters. The molecule has 1 aromatic rings. The first-order chi connectivity index (χ1) is 17.5. The molecule has 3 fully saturated rings. The van der Waals surface area contributed by atoms with Gasteiger partial charge in [-0.05, 0) is 103 Å². The van der Waals surface area contributed by atoms with Crippen LogP contribution in [0.2, 0.25) is 0 Å². The second-order valence-corrected chi connectivity index (χ2v) is 12.9. The second-order valence-electron chi connectivity index (χ2n) is 12.9. The van der Waals surface area contributed by atoms with Crippen LogP contribution in [0.3, 0.4) is 0 Å². The van der Waals surface area contributed by atoms with Crippen molar-refractivity contribution >= 4 is 0 Å². The molecule has 2 aliphatic heterocycles. The van der Waals surface area contributed by atoms with E-state index >= 15 is 0 Å². The first-order valence-corrected chi connectivity index (χ1v) is 14.6. The summed E-state index contributed by atoms with van der Waals surface area (Å²) in [6, 6.07) is 3.37. The van der Waals surface area contributed by atoms with Crippen molar-refractivity contribution in [2.24, 2.45) is 17.3 Å². The molecule has 0 bridgehead atoms. The third-order valence-corrected chi connectivity index (χ3v) is 11.2. The summed E-state index contributed by atoms with van der Waals surface area (Å²) in [7, 11) is 0. The average molecular weight is 490 g/mol. The number of pyridine rings is 1. The summed E-state index contributed by atoms with van der Waals surface area (Å²) in [4.78, 5) is 9.80. The van der Waals surface area contributed by atoms with Crippen molar-refractivity contribution in [3.8, 4) is 0 Å². The second kappa shape index (κ2) is 9.04. The van der Waals surface area contributed by atoms with Gasteiger partial charge in [0.1, 0.15) is 0 Å². The van der Waals surface area contributed by atoms with Crippen molar-refractivity contribution in [3.05, 3.63) is 52.9 Å². The minimum Gasteiger partial charge on any atom is -0.385 e. The maximum absolute atomic E-state index is 12.0. The number of aromatic nitrogens is 1. The van der Waals surface area contributed by atoms with Crippen LogP contribution in [0, 0.1) is 17.3 Å². The maximum Gasteiger partial charge on any atom is 0.0875 e. The number of morpholine rings is 1. The van der Waals surface area contributed by atoms with Crippen molar-refractivity contribution in [3.63, 3.8) is 0 Å². The van der Waals surface area contributed by atoms with E-state index in [9.17, 15) is 5.11 Å². The van der Waals surface area contributed by atoms with Crippen molar-refractivity contribution in [1.82, 2.24) is 14.8 Å². The number of allylic oxidation sites excluding steroid dienone is 3.